The Labute approximate surface area is 135 Å². The van der Waals surface area contributed by atoms with E-state index >= 15 is 0 Å². The molecule has 5 nitrogen and oxygen atoms in total. The summed E-state index contributed by atoms with van der Waals surface area (Å²) < 4.78 is 6.71. The van der Waals surface area contributed by atoms with E-state index in [1.165, 1.54) is 11.3 Å². The molecule has 22 heavy (non-hydrogen) atoms. The average molecular weight is 334 g/mol. The summed E-state index contributed by atoms with van der Waals surface area (Å²) in [6.45, 7) is 0. The minimum atomic E-state index is -0.285. The molecule has 0 atom stereocenters. The van der Waals surface area contributed by atoms with Crippen molar-refractivity contribution in [2.75, 3.05) is 12.4 Å². The number of ether oxygens (including phenoxy) is 1. The Morgan fingerprint density at radius 3 is 2.95 bits per heavy atom. The Morgan fingerprint density at radius 2 is 2.14 bits per heavy atom. The van der Waals surface area contributed by atoms with E-state index in [1.807, 2.05) is 12.1 Å². The summed E-state index contributed by atoms with van der Waals surface area (Å²) in [5.74, 6) is 0.596. The summed E-state index contributed by atoms with van der Waals surface area (Å²) in [5.41, 5.74) is 1.48. The molecule has 0 unspecified atom stereocenters. The van der Waals surface area contributed by atoms with Crippen molar-refractivity contribution in [1.82, 2.24) is 10.3 Å². The van der Waals surface area contributed by atoms with E-state index < -0.39 is 0 Å². The van der Waals surface area contributed by atoms with Gasteiger partial charge in [0.2, 0.25) is 0 Å². The number of urea groups is 1. The molecule has 3 aromatic rings. The minimum Gasteiger partial charge on any atom is -0.431 e. The van der Waals surface area contributed by atoms with Crippen LogP contribution in [0.25, 0.3) is 10.2 Å². The van der Waals surface area contributed by atoms with Crippen LogP contribution in [0.2, 0.25) is 5.02 Å². The topological polar surface area (TPSA) is 63.2 Å². The first-order valence-corrected chi connectivity index (χ1v) is 7.66. The quantitative estimate of drug-likeness (QED) is 0.742. The molecule has 0 aliphatic rings. The fourth-order valence-electron chi connectivity index (χ4n) is 1.85. The van der Waals surface area contributed by atoms with E-state index in [0.29, 0.717) is 21.7 Å². The lowest BCUT2D eigenvalue weighted by molar-refractivity contribution is 0.254. The monoisotopic (exact) mass is 333 g/mol. The van der Waals surface area contributed by atoms with Crippen molar-refractivity contribution in [1.29, 1.82) is 0 Å². The highest BCUT2D eigenvalue weighted by molar-refractivity contribution is 7.20. The lowest BCUT2D eigenvalue weighted by atomic mass is 10.3. The Bertz CT molecular complexity index is 835. The summed E-state index contributed by atoms with van der Waals surface area (Å²) in [4.78, 5) is 15.7. The van der Waals surface area contributed by atoms with Crippen LogP contribution in [-0.2, 0) is 0 Å². The van der Waals surface area contributed by atoms with Crippen LogP contribution in [0.15, 0.2) is 42.5 Å². The normalized spacial score (nSPS) is 10.5. The number of carbonyl (C=O) groups excluding carboxylic acids is 1. The van der Waals surface area contributed by atoms with Gasteiger partial charge in [0, 0.05) is 23.8 Å². The predicted octanol–water partition coefficient (Wildman–Crippen LogP) is 4.49. The van der Waals surface area contributed by atoms with Crippen LogP contribution in [0.3, 0.4) is 0 Å². The number of nitrogens with one attached hydrogen (secondary N) is 2. The van der Waals surface area contributed by atoms with Crippen LogP contribution in [0.5, 0.6) is 10.9 Å². The Hall–Kier alpha value is -2.31. The zero-order valence-electron chi connectivity index (χ0n) is 11.6. The third-order valence-electron chi connectivity index (χ3n) is 2.85. The standard InChI is InChI=1S/C15H12ClN3O2S/c1-17-14(20)18-10-3-2-4-11(8-10)21-15-19-12-6-5-9(16)7-13(12)22-15/h2-8H,1H3,(H2,17,18,20). The first-order chi connectivity index (χ1) is 10.6. The molecule has 0 saturated carbocycles. The number of rotatable bonds is 3. The average Bonchev–Trinajstić information content (AvgIpc) is 2.88. The Morgan fingerprint density at radius 1 is 1.27 bits per heavy atom. The number of aromatic nitrogens is 1. The van der Waals surface area contributed by atoms with E-state index in [4.69, 9.17) is 16.3 Å². The molecule has 0 saturated heterocycles. The lowest BCUT2D eigenvalue weighted by Gasteiger charge is -2.06. The van der Waals surface area contributed by atoms with Crippen molar-refractivity contribution < 1.29 is 9.53 Å². The molecule has 0 spiro atoms. The third kappa shape index (κ3) is 3.29. The predicted molar refractivity (Wildman–Crippen MR) is 89.2 cm³/mol. The van der Waals surface area contributed by atoms with Gasteiger partial charge in [-0.2, -0.15) is 0 Å². The molecule has 0 aliphatic carbocycles. The van der Waals surface area contributed by atoms with Gasteiger partial charge in [0.25, 0.3) is 5.19 Å². The van der Waals surface area contributed by atoms with Gasteiger partial charge in [-0.1, -0.05) is 29.0 Å². The fourth-order valence-corrected chi connectivity index (χ4v) is 2.96. The maximum absolute atomic E-state index is 11.3. The molecule has 7 heteroatoms. The number of carbonyl (C=O) groups is 1. The molecular weight excluding hydrogens is 322 g/mol. The second-order valence-corrected chi connectivity index (χ2v) is 5.86. The van der Waals surface area contributed by atoms with E-state index in [1.54, 1.807) is 37.4 Å². The molecule has 0 bridgehead atoms. The van der Waals surface area contributed by atoms with Crippen molar-refractivity contribution >= 4 is 44.9 Å². The van der Waals surface area contributed by atoms with Crippen LogP contribution in [0.4, 0.5) is 10.5 Å². The van der Waals surface area contributed by atoms with Crippen molar-refractivity contribution in [2.45, 2.75) is 0 Å². The molecule has 112 valence electrons. The van der Waals surface area contributed by atoms with E-state index in [-0.39, 0.29) is 6.03 Å². The van der Waals surface area contributed by atoms with Crippen LogP contribution < -0.4 is 15.4 Å². The first kappa shape index (κ1) is 14.6. The summed E-state index contributed by atoms with van der Waals surface area (Å²) in [6.07, 6.45) is 0. The lowest BCUT2D eigenvalue weighted by Crippen LogP contribution is -2.24. The van der Waals surface area contributed by atoms with Crippen molar-refractivity contribution in [3.63, 3.8) is 0 Å². The Balaban J connectivity index is 1.82. The van der Waals surface area contributed by atoms with Crippen molar-refractivity contribution in [3.8, 4) is 10.9 Å². The molecule has 2 amide bonds. The van der Waals surface area contributed by atoms with Crippen LogP contribution in [0.1, 0.15) is 0 Å². The summed E-state index contributed by atoms with van der Waals surface area (Å²) in [6, 6.07) is 12.3. The summed E-state index contributed by atoms with van der Waals surface area (Å²) >= 11 is 7.38. The highest BCUT2D eigenvalue weighted by atomic mass is 35.5. The maximum Gasteiger partial charge on any atom is 0.318 e. The largest absolute Gasteiger partial charge is 0.431 e. The number of hydrogen-bond donors (Lipinski definition) is 2. The van der Waals surface area contributed by atoms with Gasteiger partial charge >= 0.3 is 6.03 Å². The smallest absolute Gasteiger partial charge is 0.318 e. The number of nitrogens with zero attached hydrogens (tertiary/aromatic N) is 1. The molecule has 0 fully saturated rings. The number of amides is 2. The zero-order valence-corrected chi connectivity index (χ0v) is 13.2. The molecule has 2 aromatic carbocycles. The van der Waals surface area contributed by atoms with Crippen molar-refractivity contribution in [2.24, 2.45) is 0 Å². The van der Waals surface area contributed by atoms with Gasteiger partial charge in [-0.25, -0.2) is 9.78 Å². The Kier molecular flexibility index (Phi) is 4.13. The number of fused-ring (bicyclic) bond motifs is 1. The zero-order chi connectivity index (χ0) is 15.5. The number of thiazole rings is 1. The van der Waals surface area contributed by atoms with Crippen molar-refractivity contribution in [3.05, 3.63) is 47.5 Å². The van der Waals surface area contributed by atoms with Gasteiger partial charge < -0.3 is 15.4 Å². The first-order valence-electron chi connectivity index (χ1n) is 6.47. The second-order valence-electron chi connectivity index (χ2n) is 4.43. The van der Waals surface area contributed by atoms with Gasteiger partial charge in [-0.15, -0.1) is 0 Å². The molecule has 2 N–H and O–H groups in total. The van der Waals surface area contributed by atoms with Gasteiger partial charge in [-0.05, 0) is 30.3 Å². The number of benzene rings is 2. The molecule has 1 aromatic heterocycles. The van der Waals surface area contributed by atoms with E-state index in [0.717, 1.165) is 10.2 Å². The molecule has 3 rings (SSSR count). The number of anilines is 1. The summed E-state index contributed by atoms with van der Waals surface area (Å²) in [5, 5.41) is 6.37. The minimum absolute atomic E-state index is 0.285. The van der Waals surface area contributed by atoms with Crippen LogP contribution >= 0.6 is 22.9 Å². The van der Waals surface area contributed by atoms with Gasteiger partial charge in [0.1, 0.15) is 5.75 Å². The maximum atomic E-state index is 11.3. The number of halogens is 1. The van der Waals surface area contributed by atoms with Crippen LogP contribution in [-0.4, -0.2) is 18.1 Å². The fraction of sp³-hybridized carbons (Fsp3) is 0.0667. The molecule has 1 heterocycles. The summed E-state index contributed by atoms with van der Waals surface area (Å²) in [7, 11) is 1.56. The molecule has 0 radical (unpaired) electrons. The highest BCUT2D eigenvalue weighted by Gasteiger charge is 2.07. The molecule has 0 aliphatic heterocycles. The highest BCUT2D eigenvalue weighted by Crippen LogP contribution is 2.33. The SMILES string of the molecule is CNC(=O)Nc1cccc(Oc2nc3ccc(Cl)cc3s2)c1. The third-order valence-corrected chi connectivity index (χ3v) is 3.99. The van der Waals surface area contributed by atoms with Gasteiger partial charge in [-0.3, -0.25) is 0 Å². The van der Waals surface area contributed by atoms with Gasteiger partial charge in [0.15, 0.2) is 0 Å². The molecular formula is C15H12ClN3O2S. The van der Waals surface area contributed by atoms with Crippen LogP contribution in [0, 0.1) is 0 Å². The number of hydrogen-bond acceptors (Lipinski definition) is 4. The van der Waals surface area contributed by atoms with E-state index in [2.05, 4.69) is 15.6 Å². The second kappa shape index (κ2) is 6.21. The van der Waals surface area contributed by atoms with E-state index in [9.17, 15) is 4.79 Å². The van der Waals surface area contributed by atoms with Gasteiger partial charge in [0.05, 0.1) is 10.2 Å².